The summed E-state index contributed by atoms with van der Waals surface area (Å²) in [7, 11) is -3.70. The fourth-order valence-electron chi connectivity index (χ4n) is 1.46. The van der Waals surface area contributed by atoms with E-state index in [1.807, 2.05) is 0 Å². The summed E-state index contributed by atoms with van der Waals surface area (Å²) in [4.78, 5) is 3.93. The molecule has 0 saturated heterocycles. The van der Waals surface area contributed by atoms with Crippen LogP contribution in [0.25, 0.3) is 0 Å². The molecule has 102 valence electrons. The van der Waals surface area contributed by atoms with E-state index in [0.717, 1.165) is 0 Å². The van der Waals surface area contributed by atoms with Crippen molar-refractivity contribution in [1.29, 1.82) is 0 Å². The van der Waals surface area contributed by atoms with E-state index in [-0.39, 0.29) is 9.92 Å². The standard InChI is InChI=1S/C10H12ClN5O2S/c1-6(10-13-5-14-15-10)16-19(17,18)7-2-3-9(12)8(11)4-7/h2-6,16H,12H2,1H3,(H,13,14,15). The number of anilines is 1. The van der Waals surface area contributed by atoms with Gasteiger partial charge in [-0.3, -0.25) is 5.10 Å². The van der Waals surface area contributed by atoms with Crippen molar-refractivity contribution in [2.75, 3.05) is 5.73 Å². The van der Waals surface area contributed by atoms with Gasteiger partial charge in [-0.05, 0) is 25.1 Å². The molecule has 0 bridgehead atoms. The van der Waals surface area contributed by atoms with Gasteiger partial charge < -0.3 is 5.73 Å². The van der Waals surface area contributed by atoms with Crippen LogP contribution in [-0.4, -0.2) is 23.6 Å². The smallest absolute Gasteiger partial charge is 0.241 e. The molecule has 1 aromatic heterocycles. The lowest BCUT2D eigenvalue weighted by Gasteiger charge is -2.12. The molecule has 0 spiro atoms. The number of nitrogens with one attached hydrogen (secondary N) is 2. The summed E-state index contributed by atoms with van der Waals surface area (Å²) in [5.41, 5.74) is 5.86. The van der Waals surface area contributed by atoms with Crippen LogP contribution in [0.3, 0.4) is 0 Å². The van der Waals surface area contributed by atoms with Gasteiger partial charge in [-0.1, -0.05) is 11.6 Å². The molecule has 0 saturated carbocycles. The Balaban J connectivity index is 2.25. The van der Waals surface area contributed by atoms with Gasteiger partial charge in [-0.15, -0.1) is 0 Å². The first-order valence-electron chi connectivity index (χ1n) is 5.33. The quantitative estimate of drug-likeness (QED) is 0.731. The van der Waals surface area contributed by atoms with E-state index in [4.69, 9.17) is 17.3 Å². The highest BCUT2D eigenvalue weighted by Crippen LogP contribution is 2.23. The zero-order valence-corrected chi connectivity index (χ0v) is 11.5. The molecule has 1 atom stereocenters. The highest BCUT2D eigenvalue weighted by Gasteiger charge is 2.20. The highest BCUT2D eigenvalue weighted by molar-refractivity contribution is 7.89. The number of halogens is 1. The maximum absolute atomic E-state index is 12.1. The van der Waals surface area contributed by atoms with Crippen LogP contribution in [0.4, 0.5) is 5.69 Å². The Morgan fingerprint density at radius 2 is 2.21 bits per heavy atom. The number of aromatic amines is 1. The third-order valence-electron chi connectivity index (χ3n) is 2.46. The van der Waals surface area contributed by atoms with Crippen LogP contribution in [-0.2, 0) is 10.0 Å². The Morgan fingerprint density at radius 1 is 1.47 bits per heavy atom. The van der Waals surface area contributed by atoms with Crippen molar-refractivity contribution in [2.45, 2.75) is 17.9 Å². The molecular formula is C10H12ClN5O2S. The van der Waals surface area contributed by atoms with Crippen LogP contribution in [0.1, 0.15) is 18.8 Å². The van der Waals surface area contributed by atoms with Crippen LogP contribution >= 0.6 is 11.6 Å². The molecule has 1 unspecified atom stereocenters. The van der Waals surface area contributed by atoms with Crippen molar-refractivity contribution >= 4 is 27.3 Å². The van der Waals surface area contributed by atoms with E-state index in [2.05, 4.69) is 19.9 Å². The minimum Gasteiger partial charge on any atom is -0.398 e. The number of aromatic nitrogens is 3. The first-order valence-corrected chi connectivity index (χ1v) is 7.19. The monoisotopic (exact) mass is 301 g/mol. The predicted molar refractivity (Wildman–Crippen MR) is 71.0 cm³/mol. The molecule has 19 heavy (non-hydrogen) atoms. The summed E-state index contributed by atoms with van der Waals surface area (Å²) in [6.07, 6.45) is 1.31. The van der Waals surface area contributed by atoms with Crippen molar-refractivity contribution < 1.29 is 8.42 Å². The second-order valence-electron chi connectivity index (χ2n) is 3.90. The number of hydrogen-bond acceptors (Lipinski definition) is 5. The fourth-order valence-corrected chi connectivity index (χ4v) is 2.93. The number of benzene rings is 1. The van der Waals surface area contributed by atoms with Crippen molar-refractivity contribution in [1.82, 2.24) is 19.9 Å². The van der Waals surface area contributed by atoms with Gasteiger partial charge in [0, 0.05) is 0 Å². The van der Waals surface area contributed by atoms with E-state index in [1.54, 1.807) is 6.92 Å². The molecule has 0 aliphatic carbocycles. The van der Waals surface area contributed by atoms with Crippen LogP contribution in [0.5, 0.6) is 0 Å². The topological polar surface area (TPSA) is 114 Å². The summed E-state index contributed by atoms with van der Waals surface area (Å²) in [5.74, 6) is 0.421. The summed E-state index contributed by atoms with van der Waals surface area (Å²) >= 11 is 5.81. The maximum Gasteiger partial charge on any atom is 0.241 e. The third kappa shape index (κ3) is 3.03. The van der Waals surface area contributed by atoms with Crippen molar-refractivity contribution in [3.8, 4) is 0 Å². The second kappa shape index (κ2) is 5.16. The SMILES string of the molecule is CC(NS(=O)(=O)c1ccc(N)c(Cl)c1)c1ncn[nH]1. The number of nitrogen functional groups attached to an aromatic ring is 1. The summed E-state index contributed by atoms with van der Waals surface area (Å²) in [6, 6.07) is 3.59. The number of nitrogens with two attached hydrogens (primary N) is 1. The van der Waals surface area contributed by atoms with Crippen LogP contribution < -0.4 is 10.5 Å². The predicted octanol–water partition coefficient (Wildman–Crippen LogP) is 1.08. The minimum atomic E-state index is -3.70. The Kier molecular flexibility index (Phi) is 3.74. The Bertz CT molecular complexity index is 671. The first-order chi connectivity index (χ1) is 8.90. The van der Waals surface area contributed by atoms with E-state index >= 15 is 0 Å². The summed E-state index contributed by atoms with van der Waals surface area (Å²) in [6.45, 7) is 1.65. The van der Waals surface area contributed by atoms with Gasteiger partial charge in [0.2, 0.25) is 10.0 Å². The lowest BCUT2D eigenvalue weighted by Crippen LogP contribution is -2.27. The van der Waals surface area contributed by atoms with Crippen LogP contribution in [0, 0.1) is 0 Å². The molecule has 0 aliphatic rings. The van der Waals surface area contributed by atoms with E-state index < -0.39 is 16.1 Å². The van der Waals surface area contributed by atoms with Gasteiger partial charge in [0.25, 0.3) is 0 Å². The number of nitrogens with zero attached hydrogens (tertiary/aromatic N) is 2. The molecule has 0 aliphatic heterocycles. The highest BCUT2D eigenvalue weighted by atomic mass is 35.5. The van der Waals surface area contributed by atoms with Crippen LogP contribution in [0.2, 0.25) is 5.02 Å². The largest absolute Gasteiger partial charge is 0.398 e. The Hall–Kier alpha value is -1.64. The number of sulfonamides is 1. The minimum absolute atomic E-state index is 0.0399. The van der Waals surface area contributed by atoms with Crippen LogP contribution in [0.15, 0.2) is 29.4 Å². The van der Waals surface area contributed by atoms with Gasteiger partial charge in [0.1, 0.15) is 12.2 Å². The van der Waals surface area contributed by atoms with E-state index in [0.29, 0.717) is 11.5 Å². The van der Waals surface area contributed by atoms with E-state index in [9.17, 15) is 8.42 Å². The number of H-pyrrole nitrogens is 1. The van der Waals surface area contributed by atoms with Crippen molar-refractivity contribution in [3.63, 3.8) is 0 Å². The van der Waals surface area contributed by atoms with Gasteiger partial charge >= 0.3 is 0 Å². The molecule has 1 heterocycles. The maximum atomic E-state index is 12.1. The lowest BCUT2D eigenvalue weighted by atomic mass is 10.3. The normalized spacial score (nSPS) is 13.4. The van der Waals surface area contributed by atoms with Gasteiger partial charge in [-0.2, -0.15) is 5.10 Å². The molecule has 7 nitrogen and oxygen atoms in total. The molecule has 1 aromatic carbocycles. The van der Waals surface area contributed by atoms with Gasteiger partial charge in [-0.25, -0.2) is 18.1 Å². The fraction of sp³-hybridized carbons (Fsp3) is 0.200. The second-order valence-corrected chi connectivity index (χ2v) is 6.02. The molecule has 2 rings (SSSR count). The molecule has 0 radical (unpaired) electrons. The molecule has 2 aromatic rings. The van der Waals surface area contributed by atoms with Crippen molar-refractivity contribution in [2.24, 2.45) is 0 Å². The lowest BCUT2D eigenvalue weighted by molar-refractivity contribution is 0.560. The molecule has 0 amide bonds. The third-order valence-corrected chi connectivity index (χ3v) is 4.32. The van der Waals surface area contributed by atoms with Gasteiger partial charge in [0.15, 0.2) is 0 Å². The average molecular weight is 302 g/mol. The molecule has 4 N–H and O–H groups in total. The molecule has 9 heteroatoms. The Morgan fingerprint density at radius 3 is 2.79 bits per heavy atom. The molecule has 0 fully saturated rings. The zero-order valence-electron chi connectivity index (χ0n) is 9.96. The van der Waals surface area contributed by atoms with E-state index in [1.165, 1.54) is 24.5 Å². The molecular weight excluding hydrogens is 290 g/mol. The Labute approximate surface area is 115 Å². The average Bonchev–Trinajstić information content (AvgIpc) is 2.85. The summed E-state index contributed by atoms with van der Waals surface area (Å²) < 4.78 is 26.7. The number of hydrogen-bond donors (Lipinski definition) is 3. The summed E-state index contributed by atoms with van der Waals surface area (Å²) in [5, 5.41) is 6.45. The van der Waals surface area contributed by atoms with Crippen molar-refractivity contribution in [3.05, 3.63) is 35.4 Å². The first kappa shape index (κ1) is 13.8. The van der Waals surface area contributed by atoms with Gasteiger partial charge in [0.05, 0.1) is 21.6 Å². The number of rotatable bonds is 4. The zero-order chi connectivity index (χ0) is 14.0.